The average molecular weight is 328 g/mol. The number of carbonyl (C=O) groups is 1. The van der Waals surface area contributed by atoms with Gasteiger partial charge >= 0.3 is 0 Å². The Balaban J connectivity index is 1.42. The zero-order valence-electron chi connectivity index (χ0n) is 13.4. The van der Waals surface area contributed by atoms with E-state index in [1.165, 1.54) is 11.1 Å². The molecule has 1 aromatic carbocycles. The molecule has 1 amide bonds. The second kappa shape index (κ2) is 6.24. The molecule has 7 heteroatoms. The minimum atomic E-state index is -0.657. The molecule has 2 aliphatic rings. The fraction of sp³-hybridized carbons (Fsp3) is 0.471. The molecule has 1 aromatic heterocycles. The van der Waals surface area contributed by atoms with Crippen LogP contribution in [-0.4, -0.2) is 40.6 Å². The highest BCUT2D eigenvalue weighted by Crippen LogP contribution is 2.31. The Morgan fingerprint density at radius 3 is 3.17 bits per heavy atom. The molecule has 1 saturated heterocycles. The zero-order valence-corrected chi connectivity index (χ0v) is 13.4. The van der Waals surface area contributed by atoms with Crippen LogP contribution >= 0.6 is 0 Å². The van der Waals surface area contributed by atoms with Gasteiger partial charge < -0.3 is 15.0 Å². The van der Waals surface area contributed by atoms with Crippen LogP contribution in [0.4, 0.5) is 0 Å². The molecule has 0 unspecified atom stereocenters. The molecular formula is C17H20N4O3. The number of nitrogens with zero attached hydrogens (tertiary/aromatic N) is 3. The van der Waals surface area contributed by atoms with Crippen LogP contribution in [0, 0.1) is 0 Å². The van der Waals surface area contributed by atoms with Crippen LogP contribution in [0.1, 0.15) is 46.5 Å². The maximum Gasteiger partial charge on any atom is 0.290 e. The number of amides is 1. The van der Waals surface area contributed by atoms with E-state index in [1.807, 2.05) is 0 Å². The largest absolute Gasteiger partial charge is 0.493 e. The predicted molar refractivity (Wildman–Crippen MR) is 85.7 cm³/mol. The monoisotopic (exact) mass is 328 g/mol. The quantitative estimate of drug-likeness (QED) is 0.893. The normalized spacial score (nSPS) is 20.1. The third kappa shape index (κ3) is 2.87. The van der Waals surface area contributed by atoms with Gasteiger partial charge in [-0.3, -0.25) is 9.69 Å². The van der Waals surface area contributed by atoms with E-state index >= 15 is 0 Å². The van der Waals surface area contributed by atoms with Crippen LogP contribution in [0.15, 0.2) is 22.7 Å². The number of ether oxygens (including phenoxy) is 1. The molecule has 0 spiro atoms. The molecular weight excluding hydrogens is 308 g/mol. The second-order valence-electron chi connectivity index (χ2n) is 6.31. The number of benzene rings is 1. The van der Waals surface area contributed by atoms with Gasteiger partial charge in [-0.25, -0.2) is 0 Å². The van der Waals surface area contributed by atoms with Crippen molar-refractivity contribution in [3.63, 3.8) is 0 Å². The third-order valence-electron chi connectivity index (χ3n) is 4.75. The predicted octanol–water partition coefficient (Wildman–Crippen LogP) is 1.48. The average Bonchev–Trinajstić information content (AvgIpc) is 3.30. The standard InChI is InChI=1S/C17H20N4O3/c18-15(22)16-19-17(24-20-16)13-2-1-7-21(13)8-5-11-3-4-14-12(10-11)6-9-23-14/h3-4,10,13H,1-2,5-9H2,(H2,18,22)/t13-/m0/s1. The van der Waals surface area contributed by atoms with E-state index < -0.39 is 5.91 Å². The third-order valence-corrected chi connectivity index (χ3v) is 4.75. The lowest BCUT2D eigenvalue weighted by molar-refractivity contribution is 0.0987. The Kier molecular flexibility index (Phi) is 3.93. The molecule has 1 fully saturated rings. The molecule has 126 valence electrons. The first-order valence-corrected chi connectivity index (χ1v) is 8.33. The van der Waals surface area contributed by atoms with E-state index in [1.54, 1.807) is 0 Å². The molecule has 2 aliphatic heterocycles. The molecule has 2 N–H and O–H groups in total. The molecule has 3 heterocycles. The van der Waals surface area contributed by atoms with Crippen molar-refractivity contribution in [2.45, 2.75) is 31.7 Å². The van der Waals surface area contributed by atoms with Gasteiger partial charge in [0.1, 0.15) is 5.75 Å². The van der Waals surface area contributed by atoms with E-state index in [-0.39, 0.29) is 11.9 Å². The van der Waals surface area contributed by atoms with Gasteiger partial charge in [-0.2, -0.15) is 4.98 Å². The number of hydrogen-bond donors (Lipinski definition) is 1. The van der Waals surface area contributed by atoms with Crippen molar-refractivity contribution in [1.29, 1.82) is 0 Å². The molecule has 0 radical (unpaired) electrons. The van der Waals surface area contributed by atoms with Gasteiger partial charge in [-0.1, -0.05) is 17.3 Å². The van der Waals surface area contributed by atoms with Gasteiger partial charge in [-0.05, 0) is 43.0 Å². The smallest absolute Gasteiger partial charge is 0.290 e. The first-order chi connectivity index (χ1) is 11.7. The molecule has 4 rings (SSSR count). The number of rotatable bonds is 5. The summed E-state index contributed by atoms with van der Waals surface area (Å²) in [6, 6.07) is 6.51. The van der Waals surface area contributed by atoms with Crippen molar-refractivity contribution in [2.24, 2.45) is 5.73 Å². The lowest BCUT2D eigenvalue weighted by Gasteiger charge is -2.21. The molecule has 0 saturated carbocycles. The maximum atomic E-state index is 11.1. The second-order valence-corrected chi connectivity index (χ2v) is 6.31. The highest BCUT2D eigenvalue weighted by atomic mass is 16.5. The molecule has 2 aromatic rings. The van der Waals surface area contributed by atoms with Crippen LogP contribution in [-0.2, 0) is 12.8 Å². The minimum Gasteiger partial charge on any atom is -0.493 e. The van der Waals surface area contributed by atoms with Crippen LogP contribution in [0.5, 0.6) is 5.75 Å². The SMILES string of the molecule is NC(=O)c1noc([C@@H]2CCCN2CCc2ccc3c(c2)CCO3)n1. The number of primary amides is 1. The molecule has 7 nitrogen and oxygen atoms in total. The number of aromatic nitrogens is 2. The van der Waals surface area contributed by atoms with Gasteiger partial charge in [0.15, 0.2) is 0 Å². The Labute approximate surface area is 139 Å². The summed E-state index contributed by atoms with van der Waals surface area (Å²) >= 11 is 0. The summed E-state index contributed by atoms with van der Waals surface area (Å²) in [5.74, 6) is 0.802. The maximum absolute atomic E-state index is 11.1. The number of hydrogen-bond acceptors (Lipinski definition) is 6. The van der Waals surface area contributed by atoms with Gasteiger partial charge in [0.25, 0.3) is 11.7 Å². The van der Waals surface area contributed by atoms with Crippen LogP contribution in [0.2, 0.25) is 0 Å². The molecule has 1 atom stereocenters. The summed E-state index contributed by atoms with van der Waals surface area (Å²) < 4.78 is 10.8. The lowest BCUT2D eigenvalue weighted by Crippen LogP contribution is -2.26. The van der Waals surface area contributed by atoms with E-state index in [2.05, 4.69) is 33.2 Å². The first kappa shape index (κ1) is 15.1. The fourth-order valence-corrected chi connectivity index (χ4v) is 3.51. The molecule has 0 aliphatic carbocycles. The van der Waals surface area contributed by atoms with Gasteiger partial charge in [0.2, 0.25) is 5.89 Å². The lowest BCUT2D eigenvalue weighted by atomic mass is 10.1. The highest BCUT2D eigenvalue weighted by Gasteiger charge is 2.31. The first-order valence-electron chi connectivity index (χ1n) is 8.33. The van der Waals surface area contributed by atoms with E-state index in [9.17, 15) is 4.79 Å². The van der Waals surface area contributed by atoms with Crippen molar-refractivity contribution in [3.8, 4) is 5.75 Å². The van der Waals surface area contributed by atoms with Crippen molar-refractivity contribution >= 4 is 5.91 Å². The Hall–Kier alpha value is -2.41. The van der Waals surface area contributed by atoms with E-state index in [0.717, 1.165) is 51.1 Å². The van der Waals surface area contributed by atoms with Gasteiger partial charge in [0, 0.05) is 13.0 Å². The van der Waals surface area contributed by atoms with Crippen molar-refractivity contribution in [3.05, 3.63) is 41.0 Å². The topological polar surface area (TPSA) is 94.5 Å². The summed E-state index contributed by atoms with van der Waals surface area (Å²) in [6.45, 7) is 2.69. The minimum absolute atomic E-state index is 0.0459. The van der Waals surface area contributed by atoms with Gasteiger partial charge in [0.05, 0.1) is 12.6 Å². The van der Waals surface area contributed by atoms with Gasteiger partial charge in [-0.15, -0.1) is 0 Å². The Morgan fingerprint density at radius 1 is 1.42 bits per heavy atom. The fourth-order valence-electron chi connectivity index (χ4n) is 3.51. The van der Waals surface area contributed by atoms with Crippen molar-refractivity contribution < 1.29 is 14.1 Å². The summed E-state index contributed by atoms with van der Waals surface area (Å²) in [4.78, 5) is 17.6. The summed E-state index contributed by atoms with van der Waals surface area (Å²) in [6.07, 6.45) is 3.99. The van der Waals surface area contributed by atoms with E-state index in [0.29, 0.717) is 5.89 Å². The molecule has 0 bridgehead atoms. The highest BCUT2D eigenvalue weighted by molar-refractivity contribution is 5.88. The summed E-state index contributed by atoms with van der Waals surface area (Å²) in [5, 5.41) is 3.65. The Morgan fingerprint density at radius 2 is 2.33 bits per heavy atom. The number of carbonyl (C=O) groups excluding carboxylic acids is 1. The van der Waals surface area contributed by atoms with Crippen molar-refractivity contribution in [2.75, 3.05) is 19.7 Å². The van der Waals surface area contributed by atoms with Crippen LogP contribution in [0.25, 0.3) is 0 Å². The summed E-state index contributed by atoms with van der Waals surface area (Å²) in [5.41, 5.74) is 7.80. The zero-order chi connectivity index (χ0) is 16.5. The molecule has 24 heavy (non-hydrogen) atoms. The van der Waals surface area contributed by atoms with E-state index in [4.69, 9.17) is 15.0 Å². The Bertz CT molecular complexity index is 758. The number of likely N-dealkylation sites (tertiary alicyclic amines) is 1. The number of fused-ring (bicyclic) bond motifs is 1. The van der Waals surface area contributed by atoms with Crippen LogP contribution < -0.4 is 10.5 Å². The number of nitrogens with two attached hydrogens (primary N) is 1. The summed E-state index contributed by atoms with van der Waals surface area (Å²) in [7, 11) is 0. The van der Waals surface area contributed by atoms with Crippen molar-refractivity contribution in [1.82, 2.24) is 15.0 Å². The van der Waals surface area contributed by atoms with Crippen LogP contribution in [0.3, 0.4) is 0 Å².